The van der Waals surface area contributed by atoms with Crippen LogP contribution in [0.1, 0.15) is 46.3 Å². The van der Waals surface area contributed by atoms with Crippen LogP contribution in [0.3, 0.4) is 0 Å². The topological polar surface area (TPSA) is 64.1 Å². The van der Waals surface area contributed by atoms with E-state index >= 15 is 0 Å². The number of hydrogen-bond donors (Lipinski definition) is 1. The van der Waals surface area contributed by atoms with E-state index in [2.05, 4.69) is 13.2 Å². The minimum atomic E-state index is -5.10. The average Bonchev–Trinajstić information content (AvgIpc) is 2.88. The molecule has 1 fully saturated rings. The van der Waals surface area contributed by atoms with E-state index in [1.165, 1.54) is 29.2 Å². The fourth-order valence-corrected chi connectivity index (χ4v) is 4.88. The van der Waals surface area contributed by atoms with E-state index in [1.807, 2.05) is 0 Å². The summed E-state index contributed by atoms with van der Waals surface area (Å²) in [6, 6.07) is 1.89. The van der Waals surface area contributed by atoms with Crippen molar-refractivity contribution in [3.63, 3.8) is 0 Å². The van der Waals surface area contributed by atoms with Gasteiger partial charge in [-0.15, -0.1) is 13.2 Å². The number of alkyl halides is 6. The maximum absolute atomic E-state index is 14.1. The fourth-order valence-electron chi connectivity index (χ4n) is 4.88. The zero-order chi connectivity index (χ0) is 30.7. The zero-order valence-corrected chi connectivity index (χ0v) is 22.0. The van der Waals surface area contributed by atoms with Crippen LogP contribution in [0.2, 0.25) is 0 Å². The van der Waals surface area contributed by atoms with Crippen molar-refractivity contribution in [2.45, 2.75) is 37.8 Å². The number of carbonyl (C=O) groups excluding carboxylic acids is 1. The quantitative estimate of drug-likeness (QED) is 0.271. The first-order chi connectivity index (χ1) is 19.1. The molecule has 1 aliphatic rings. The molecule has 0 saturated carbocycles. The van der Waals surface area contributed by atoms with E-state index in [9.17, 15) is 45.4 Å². The van der Waals surface area contributed by atoms with Crippen molar-refractivity contribution in [1.29, 1.82) is 0 Å². The molecule has 1 heterocycles. The number of piperazine rings is 1. The number of amides is 3. The number of urea groups is 1. The van der Waals surface area contributed by atoms with Crippen LogP contribution < -0.4 is 0 Å². The lowest BCUT2D eigenvalue weighted by Gasteiger charge is -2.44. The highest BCUT2D eigenvalue weighted by molar-refractivity contribution is 5.77. The minimum absolute atomic E-state index is 0.00655. The maximum atomic E-state index is 14.1. The van der Waals surface area contributed by atoms with Gasteiger partial charge in [0, 0.05) is 26.2 Å². The highest BCUT2D eigenvalue weighted by Gasteiger charge is 2.41. The van der Waals surface area contributed by atoms with Gasteiger partial charge in [-0.3, -0.25) is 0 Å². The Balaban J connectivity index is 2.14. The number of hydrogen-bond acceptors (Lipinski definition) is 2. The van der Waals surface area contributed by atoms with E-state index in [-0.39, 0.29) is 38.7 Å². The van der Waals surface area contributed by atoms with Crippen LogP contribution in [-0.4, -0.2) is 58.1 Å². The van der Waals surface area contributed by atoms with Crippen LogP contribution in [0.25, 0.3) is 0 Å². The number of carbonyl (C=O) groups is 2. The first-order valence-corrected chi connectivity index (χ1v) is 12.4. The summed E-state index contributed by atoms with van der Waals surface area (Å²) < 4.78 is 95.6. The number of carboxylic acid groups (broad SMARTS) is 1. The first-order valence-electron chi connectivity index (χ1n) is 12.4. The van der Waals surface area contributed by atoms with Crippen LogP contribution >= 0.6 is 0 Å². The second-order valence-electron chi connectivity index (χ2n) is 9.54. The first kappa shape index (κ1) is 31.5. The van der Waals surface area contributed by atoms with Gasteiger partial charge in [0.25, 0.3) is 0 Å². The molecule has 3 amide bonds. The summed E-state index contributed by atoms with van der Waals surface area (Å²) in [5.41, 5.74) is -2.62. The molecular formula is C28H28F7N3O3. The van der Waals surface area contributed by atoms with E-state index in [0.29, 0.717) is 23.3 Å². The molecular weight excluding hydrogens is 559 g/mol. The molecule has 0 aliphatic carbocycles. The van der Waals surface area contributed by atoms with Crippen molar-refractivity contribution < 1.29 is 45.4 Å². The van der Waals surface area contributed by atoms with Crippen LogP contribution in [0.4, 0.5) is 40.3 Å². The van der Waals surface area contributed by atoms with Crippen LogP contribution in [-0.2, 0) is 12.4 Å². The van der Waals surface area contributed by atoms with Gasteiger partial charge in [-0.25, -0.2) is 14.0 Å². The van der Waals surface area contributed by atoms with Crippen LogP contribution in [0.15, 0.2) is 61.7 Å². The summed E-state index contributed by atoms with van der Waals surface area (Å²) in [7, 11) is 0. The largest absolute Gasteiger partial charge is 0.465 e. The summed E-state index contributed by atoms with van der Waals surface area (Å²) in [5, 5.41) is 9.57. The van der Waals surface area contributed by atoms with Crippen molar-refractivity contribution in [1.82, 2.24) is 14.7 Å². The van der Waals surface area contributed by atoms with Gasteiger partial charge in [-0.1, -0.05) is 18.2 Å². The van der Waals surface area contributed by atoms with Crippen molar-refractivity contribution in [3.8, 4) is 0 Å². The highest BCUT2D eigenvalue weighted by Crippen LogP contribution is 2.40. The summed E-state index contributed by atoms with van der Waals surface area (Å²) in [5.74, 6) is -0.556. The van der Waals surface area contributed by atoms with Gasteiger partial charge in [0.15, 0.2) is 0 Å². The van der Waals surface area contributed by atoms with Gasteiger partial charge >= 0.3 is 24.5 Å². The predicted molar refractivity (Wildman–Crippen MR) is 136 cm³/mol. The van der Waals surface area contributed by atoms with Crippen molar-refractivity contribution in [3.05, 3.63) is 95.3 Å². The van der Waals surface area contributed by atoms with Gasteiger partial charge in [0.1, 0.15) is 5.82 Å². The Bertz CT molecular complexity index is 1280. The third kappa shape index (κ3) is 7.19. The SMILES string of the molecule is C=CCC(c1cc(C(F)(F)F)cc(C(F)(F)F)c1)N(CC=C)C(=O)N1CCN(C(=O)O)C[C@@H]1c1ccc(F)cc1C. The Kier molecular flexibility index (Phi) is 9.40. The smallest absolute Gasteiger partial charge is 0.416 e. The molecule has 0 spiro atoms. The number of aryl methyl sites for hydroxylation is 1. The van der Waals surface area contributed by atoms with Crippen LogP contribution in [0, 0.1) is 12.7 Å². The molecule has 41 heavy (non-hydrogen) atoms. The number of halogens is 7. The van der Waals surface area contributed by atoms with Gasteiger partial charge in [-0.05, 0) is 60.4 Å². The maximum Gasteiger partial charge on any atom is 0.416 e. The standard InChI is InChI=1S/C28H28F7N3O3/c1-4-6-23(18-13-19(27(30,31)32)15-20(14-18)28(33,34)35)37(9-5-2)25(39)38-11-10-36(26(40)41)16-24(38)22-8-7-21(29)12-17(22)3/h4-5,7-8,12-15,23-24H,1-2,6,9-11,16H2,3H3,(H,40,41)/t23?,24-/m1/s1. The second kappa shape index (κ2) is 12.2. The van der Waals surface area contributed by atoms with Gasteiger partial charge < -0.3 is 19.8 Å². The molecule has 2 aromatic carbocycles. The molecule has 0 aromatic heterocycles. The van der Waals surface area contributed by atoms with Gasteiger partial charge in [-0.2, -0.15) is 26.3 Å². The van der Waals surface area contributed by atoms with Gasteiger partial charge in [0.2, 0.25) is 0 Å². The number of nitrogens with zero attached hydrogens (tertiary/aromatic N) is 3. The minimum Gasteiger partial charge on any atom is -0.465 e. The molecule has 1 saturated heterocycles. The summed E-state index contributed by atoms with van der Waals surface area (Å²) in [6.07, 6.45) is -9.10. The van der Waals surface area contributed by atoms with E-state index in [4.69, 9.17) is 0 Å². The molecule has 0 radical (unpaired) electrons. The molecule has 3 rings (SSSR count). The molecule has 13 heteroatoms. The monoisotopic (exact) mass is 587 g/mol. The number of rotatable bonds is 7. The lowest BCUT2D eigenvalue weighted by Crippen LogP contribution is -2.56. The summed E-state index contributed by atoms with van der Waals surface area (Å²) >= 11 is 0. The molecule has 0 bridgehead atoms. The fraction of sp³-hybridized carbons (Fsp3) is 0.357. The summed E-state index contributed by atoms with van der Waals surface area (Å²) in [4.78, 5) is 29.2. The molecule has 1 aliphatic heterocycles. The third-order valence-corrected chi connectivity index (χ3v) is 6.82. The molecule has 1 unspecified atom stereocenters. The predicted octanol–water partition coefficient (Wildman–Crippen LogP) is 7.43. The van der Waals surface area contributed by atoms with E-state index in [1.54, 1.807) is 6.92 Å². The Morgan fingerprint density at radius 1 is 1.02 bits per heavy atom. The normalized spacial score (nSPS) is 16.7. The van der Waals surface area contributed by atoms with E-state index < -0.39 is 59.1 Å². The lowest BCUT2D eigenvalue weighted by molar-refractivity contribution is -0.143. The van der Waals surface area contributed by atoms with Crippen molar-refractivity contribution in [2.24, 2.45) is 0 Å². The van der Waals surface area contributed by atoms with Gasteiger partial charge in [0.05, 0.1) is 23.2 Å². The van der Waals surface area contributed by atoms with Crippen LogP contribution in [0.5, 0.6) is 0 Å². The number of benzene rings is 2. The molecule has 2 atom stereocenters. The zero-order valence-electron chi connectivity index (χ0n) is 22.0. The lowest BCUT2D eigenvalue weighted by atomic mass is 9.95. The average molecular weight is 588 g/mol. The Morgan fingerprint density at radius 3 is 2.12 bits per heavy atom. The third-order valence-electron chi connectivity index (χ3n) is 6.82. The Morgan fingerprint density at radius 2 is 1.63 bits per heavy atom. The Labute approximate surface area is 231 Å². The Hall–Kier alpha value is -4.03. The molecule has 2 aromatic rings. The van der Waals surface area contributed by atoms with E-state index in [0.717, 1.165) is 15.9 Å². The molecule has 6 nitrogen and oxygen atoms in total. The van der Waals surface area contributed by atoms with Crippen molar-refractivity contribution >= 4 is 12.1 Å². The molecule has 1 N–H and O–H groups in total. The highest BCUT2D eigenvalue weighted by atomic mass is 19.4. The van der Waals surface area contributed by atoms with Crippen molar-refractivity contribution in [2.75, 3.05) is 26.2 Å². The molecule has 222 valence electrons. The summed E-state index contributed by atoms with van der Waals surface area (Å²) in [6.45, 7) is 8.03. The second-order valence-corrected chi connectivity index (χ2v) is 9.54.